The van der Waals surface area contributed by atoms with Crippen LogP contribution in [0.2, 0.25) is 0 Å². The van der Waals surface area contributed by atoms with E-state index in [-0.39, 0.29) is 11.9 Å². The van der Waals surface area contributed by atoms with Crippen LogP contribution in [0.3, 0.4) is 0 Å². The molecule has 0 aromatic carbocycles. The Hall–Kier alpha value is -2.18. The third kappa shape index (κ3) is 3.07. The van der Waals surface area contributed by atoms with E-state index in [9.17, 15) is 4.79 Å². The van der Waals surface area contributed by atoms with Gasteiger partial charge in [0.2, 0.25) is 5.91 Å². The largest absolute Gasteiger partial charge is 0.336 e. The molecule has 4 rings (SSSR count). The lowest BCUT2D eigenvalue weighted by molar-refractivity contribution is -0.133. The molecule has 1 amide bonds. The van der Waals surface area contributed by atoms with Crippen molar-refractivity contribution in [2.75, 3.05) is 6.54 Å². The Kier molecular flexibility index (Phi) is 3.86. The molecule has 7 nitrogen and oxygen atoms in total. The molecular formula is C17H24N6O. The SMILES string of the molecule is Cc1cc(C)n(CC(=O)N2CCC[C@H]2Cn2cc(C3CC3)nn2)n1. The lowest BCUT2D eigenvalue weighted by Crippen LogP contribution is -2.40. The topological polar surface area (TPSA) is 68.8 Å². The maximum Gasteiger partial charge on any atom is 0.244 e. The molecular weight excluding hydrogens is 304 g/mol. The number of aromatic nitrogens is 5. The van der Waals surface area contributed by atoms with Gasteiger partial charge >= 0.3 is 0 Å². The van der Waals surface area contributed by atoms with Crippen molar-refractivity contribution < 1.29 is 4.79 Å². The van der Waals surface area contributed by atoms with E-state index < -0.39 is 0 Å². The Balaban J connectivity index is 1.41. The van der Waals surface area contributed by atoms with Gasteiger partial charge in [0.25, 0.3) is 0 Å². The van der Waals surface area contributed by atoms with E-state index in [1.165, 1.54) is 12.8 Å². The van der Waals surface area contributed by atoms with Gasteiger partial charge in [0.05, 0.1) is 24.0 Å². The molecule has 1 atom stereocenters. The molecule has 2 aliphatic rings. The molecule has 2 aromatic heterocycles. The Labute approximate surface area is 141 Å². The van der Waals surface area contributed by atoms with Crippen LogP contribution < -0.4 is 0 Å². The summed E-state index contributed by atoms with van der Waals surface area (Å²) in [6.07, 6.45) is 6.60. The maximum atomic E-state index is 12.7. The maximum absolute atomic E-state index is 12.7. The standard InChI is InChI=1S/C17H24N6O/c1-12-8-13(2)23(19-12)11-17(24)22-7-3-4-15(22)9-21-10-16(18-20-21)14-5-6-14/h8,10,14-15H,3-7,9,11H2,1-2H3/t15-/m0/s1. The second kappa shape index (κ2) is 6.03. The van der Waals surface area contributed by atoms with Crippen LogP contribution in [0.1, 0.15) is 48.7 Å². The van der Waals surface area contributed by atoms with Crippen LogP contribution in [0.5, 0.6) is 0 Å². The third-order valence-electron chi connectivity index (χ3n) is 5.04. The van der Waals surface area contributed by atoms with Crippen molar-refractivity contribution in [1.82, 2.24) is 29.7 Å². The van der Waals surface area contributed by atoms with Gasteiger partial charge in [-0.15, -0.1) is 5.10 Å². The second-order valence-electron chi connectivity index (χ2n) is 7.11. The highest BCUT2D eigenvalue weighted by molar-refractivity contribution is 5.76. The van der Waals surface area contributed by atoms with E-state index in [1.807, 2.05) is 29.5 Å². The van der Waals surface area contributed by atoms with Crippen molar-refractivity contribution in [3.05, 3.63) is 29.3 Å². The molecule has 24 heavy (non-hydrogen) atoms. The lowest BCUT2D eigenvalue weighted by Gasteiger charge is -2.24. The fourth-order valence-electron chi connectivity index (χ4n) is 3.59. The summed E-state index contributed by atoms with van der Waals surface area (Å²) in [5.41, 5.74) is 3.09. The number of likely N-dealkylation sites (tertiary alicyclic amines) is 1. The average molecular weight is 328 g/mol. The summed E-state index contributed by atoms with van der Waals surface area (Å²) < 4.78 is 3.71. The van der Waals surface area contributed by atoms with Crippen molar-refractivity contribution in [1.29, 1.82) is 0 Å². The van der Waals surface area contributed by atoms with Gasteiger partial charge in [-0.1, -0.05) is 5.21 Å². The van der Waals surface area contributed by atoms with E-state index in [1.54, 1.807) is 4.68 Å². The Morgan fingerprint density at radius 3 is 2.83 bits per heavy atom. The van der Waals surface area contributed by atoms with E-state index in [4.69, 9.17) is 0 Å². The predicted molar refractivity (Wildman–Crippen MR) is 88.4 cm³/mol. The van der Waals surface area contributed by atoms with E-state index >= 15 is 0 Å². The Morgan fingerprint density at radius 1 is 1.29 bits per heavy atom. The van der Waals surface area contributed by atoms with Gasteiger partial charge in [0.15, 0.2) is 0 Å². The van der Waals surface area contributed by atoms with Gasteiger partial charge in [-0.25, -0.2) is 0 Å². The third-order valence-corrected chi connectivity index (χ3v) is 5.04. The number of aryl methyl sites for hydroxylation is 2. The molecule has 2 fully saturated rings. The second-order valence-corrected chi connectivity index (χ2v) is 7.11. The van der Waals surface area contributed by atoms with Crippen LogP contribution >= 0.6 is 0 Å². The van der Waals surface area contributed by atoms with Crippen LogP contribution in [0, 0.1) is 13.8 Å². The molecule has 0 N–H and O–H groups in total. The quantitative estimate of drug-likeness (QED) is 0.837. The van der Waals surface area contributed by atoms with Crippen LogP contribution in [0.4, 0.5) is 0 Å². The fraction of sp³-hybridized carbons (Fsp3) is 0.647. The molecule has 3 heterocycles. The summed E-state index contributed by atoms with van der Waals surface area (Å²) in [7, 11) is 0. The highest BCUT2D eigenvalue weighted by Crippen LogP contribution is 2.38. The zero-order chi connectivity index (χ0) is 16.7. The smallest absolute Gasteiger partial charge is 0.244 e. The predicted octanol–water partition coefficient (Wildman–Crippen LogP) is 1.66. The van der Waals surface area contributed by atoms with Crippen LogP contribution in [-0.4, -0.2) is 48.2 Å². The summed E-state index contributed by atoms with van der Waals surface area (Å²) in [6.45, 7) is 5.83. The normalized spacial score (nSPS) is 20.8. The Bertz CT molecular complexity index is 744. The fourth-order valence-corrected chi connectivity index (χ4v) is 3.59. The molecule has 1 saturated heterocycles. The van der Waals surface area contributed by atoms with Crippen molar-refractivity contribution in [2.24, 2.45) is 0 Å². The molecule has 2 aromatic rings. The molecule has 7 heteroatoms. The minimum atomic E-state index is 0.145. The van der Waals surface area contributed by atoms with Crippen molar-refractivity contribution in [3.8, 4) is 0 Å². The van der Waals surface area contributed by atoms with Crippen molar-refractivity contribution in [2.45, 2.75) is 64.6 Å². The zero-order valence-corrected chi connectivity index (χ0v) is 14.4. The molecule has 0 unspecified atom stereocenters. The number of hydrogen-bond donors (Lipinski definition) is 0. The van der Waals surface area contributed by atoms with Gasteiger partial charge < -0.3 is 4.90 Å². The van der Waals surface area contributed by atoms with Crippen LogP contribution in [0.25, 0.3) is 0 Å². The first-order chi connectivity index (χ1) is 11.6. The molecule has 1 aliphatic carbocycles. The first kappa shape index (κ1) is 15.4. The molecule has 128 valence electrons. The number of amides is 1. The summed E-state index contributed by atoms with van der Waals surface area (Å²) in [5, 5.41) is 12.9. The number of hydrogen-bond acceptors (Lipinski definition) is 4. The zero-order valence-electron chi connectivity index (χ0n) is 14.4. The lowest BCUT2D eigenvalue weighted by atomic mass is 10.2. The van der Waals surface area contributed by atoms with Crippen LogP contribution in [0.15, 0.2) is 12.3 Å². The van der Waals surface area contributed by atoms with E-state index in [0.717, 1.165) is 43.0 Å². The van der Waals surface area contributed by atoms with Crippen molar-refractivity contribution in [3.63, 3.8) is 0 Å². The minimum Gasteiger partial charge on any atom is -0.336 e. The van der Waals surface area contributed by atoms with Gasteiger partial charge in [0, 0.05) is 24.4 Å². The monoisotopic (exact) mass is 328 g/mol. The van der Waals surface area contributed by atoms with E-state index in [0.29, 0.717) is 12.5 Å². The number of carbonyl (C=O) groups is 1. The highest BCUT2D eigenvalue weighted by Gasteiger charge is 2.31. The first-order valence-corrected chi connectivity index (χ1v) is 8.80. The molecule has 0 bridgehead atoms. The number of carbonyl (C=O) groups excluding carboxylic acids is 1. The van der Waals surface area contributed by atoms with Gasteiger partial charge in [-0.05, 0) is 45.6 Å². The van der Waals surface area contributed by atoms with Crippen molar-refractivity contribution >= 4 is 5.91 Å². The summed E-state index contributed by atoms with van der Waals surface area (Å²) >= 11 is 0. The van der Waals surface area contributed by atoms with Gasteiger partial charge in [0.1, 0.15) is 6.54 Å². The first-order valence-electron chi connectivity index (χ1n) is 8.80. The molecule has 1 saturated carbocycles. The highest BCUT2D eigenvalue weighted by atomic mass is 16.2. The summed E-state index contributed by atoms with van der Waals surface area (Å²) in [6, 6.07) is 2.21. The Morgan fingerprint density at radius 2 is 2.12 bits per heavy atom. The number of rotatable bonds is 5. The average Bonchev–Trinajstić information content (AvgIpc) is 2.97. The van der Waals surface area contributed by atoms with Gasteiger partial charge in [-0.2, -0.15) is 5.10 Å². The molecule has 1 aliphatic heterocycles. The molecule has 0 radical (unpaired) electrons. The van der Waals surface area contributed by atoms with Crippen LogP contribution in [-0.2, 0) is 17.9 Å². The number of nitrogens with zero attached hydrogens (tertiary/aromatic N) is 6. The minimum absolute atomic E-state index is 0.145. The van der Waals surface area contributed by atoms with Gasteiger partial charge in [-0.3, -0.25) is 14.2 Å². The molecule has 0 spiro atoms. The summed E-state index contributed by atoms with van der Waals surface area (Å²) in [4.78, 5) is 14.7. The van der Waals surface area contributed by atoms with E-state index in [2.05, 4.69) is 21.6 Å². The summed E-state index contributed by atoms with van der Waals surface area (Å²) in [5.74, 6) is 0.761.